The minimum atomic E-state index is -1.69. The van der Waals surface area contributed by atoms with Gasteiger partial charge < -0.3 is 49.2 Å². The van der Waals surface area contributed by atoms with Gasteiger partial charge in [-0.1, -0.05) is 32.6 Å². The van der Waals surface area contributed by atoms with E-state index in [-0.39, 0.29) is 19.6 Å². The van der Waals surface area contributed by atoms with Crippen molar-refractivity contribution in [1.29, 1.82) is 0 Å². The van der Waals surface area contributed by atoms with E-state index >= 15 is 0 Å². The zero-order chi connectivity index (χ0) is 22.6. The van der Waals surface area contributed by atoms with Crippen LogP contribution >= 0.6 is 0 Å². The van der Waals surface area contributed by atoms with Crippen LogP contribution in [0.2, 0.25) is 0 Å². The fraction of sp³-hybridized carbons (Fsp3) is 0.950. The second-order valence-electron chi connectivity index (χ2n) is 8.31. The monoisotopic (exact) mass is 450 g/mol. The maximum atomic E-state index is 12.0. The Morgan fingerprint density at radius 1 is 0.968 bits per heavy atom. The van der Waals surface area contributed by atoms with Crippen molar-refractivity contribution in [2.24, 2.45) is 0 Å². The summed E-state index contributed by atoms with van der Waals surface area (Å²) in [6, 6.07) is 0. The Kier molecular flexibility index (Phi) is 8.64. The van der Waals surface area contributed by atoms with Crippen LogP contribution in [0.15, 0.2) is 0 Å². The van der Waals surface area contributed by atoms with Gasteiger partial charge in [0.25, 0.3) is 0 Å². The third kappa shape index (κ3) is 5.55. The maximum absolute atomic E-state index is 12.0. The molecule has 0 aromatic rings. The van der Waals surface area contributed by atoms with Gasteiger partial charge in [-0.3, -0.25) is 4.79 Å². The van der Waals surface area contributed by atoms with Gasteiger partial charge in [0.15, 0.2) is 6.29 Å². The van der Waals surface area contributed by atoms with Crippen LogP contribution in [-0.4, -0.2) is 106 Å². The number of hydrogen-bond donors (Lipinski definition) is 5. The molecule has 3 fully saturated rings. The molecule has 31 heavy (non-hydrogen) atoms. The number of esters is 1. The molecular weight excluding hydrogens is 416 g/mol. The number of aliphatic hydroxyl groups is 5. The smallest absolute Gasteiger partial charge is 0.305 e. The van der Waals surface area contributed by atoms with Gasteiger partial charge >= 0.3 is 5.97 Å². The van der Waals surface area contributed by atoms with Crippen LogP contribution in [0.1, 0.15) is 45.4 Å². The first-order chi connectivity index (χ1) is 14.9. The molecule has 3 saturated heterocycles. The normalized spacial score (nSPS) is 41.7. The van der Waals surface area contributed by atoms with E-state index in [0.717, 1.165) is 25.7 Å². The van der Waals surface area contributed by atoms with Crippen molar-refractivity contribution >= 4 is 5.97 Å². The van der Waals surface area contributed by atoms with Gasteiger partial charge in [0.2, 0.25) is 5.79 Å². The fourth-order valence-electron chi connectivity index (χ4n) is 4.02. The number of unbranched alkanes of at least 4 members (excludes halogenated alkanes) is 4. The van der Waals surface area contributed by atoms with Crippen LogP contribution in [0, 0.1) is 0 Å². The van der Waals surface area contributed by atoms with E-state index in [9.17, 15) is 30.3 Å². The second kappa shape index (κ2) is 10.8. The highest BCUT2D eigenvalue weighted by Gasteiger charge is 2.69. The molecule has 0 aromatic carbocycles. The molecule has 11 nitrogen and oxygen atoms in total. The zero-order valence-corrected chi connectivity index (χ0v) is 17.7. The van der Waals surface area contributed by atoms with E-state index in [1.54, 1.807) is 0 Å². The zero-order valence-electron chi connectivity index (χ0n) is 17.7. The van der Waals surface area contributed by atoms with Crippen molar-refractivity contribution in [3.8, 4) is 0 Å². The predicted molar refractivity (Wildman–Crippen MR) is 103 cm³/mol. The number of carbonyl (C=O) groups excluding carboxylic acids is 1. The van der Waals surface area contributed by atoms with E-state index in [2.05, 4.69) is 6.92 Å². The van der Waals surface area contributed by atoms with Crippen molar-refractivity contribution in [1.82, 2.24) is 0 Å². The third-order valence-corrected chi connectivity index (χ3v) is 5.95. The summed E-state index contributed by atoms with van der Waals surface area (Å²) < 4.78 is 27.3. The van der Waals surface area contributed by atoms with Crippen molar-refractivity contribution in [3.05, 3.63) is 0 Å². The number of aliphatic hydroxyl groups excluding tert-OH is 5. The molecule has 0 aromatic heterocycles. The molecule has 3 aliphatic heterocycles. The Morgan fingerprint density at radius 2 is 1.71 bits per heavy atom. The average molecular weight is 450 g/mol. The number of epoxide rings is 1. The van der Waals surface area contributed by atoms with E-state index in [1.165, 1.54) is 0 Å². The Bertz CT molecular complexity index is 589. The molecule has 0 amide bonds. The molecule has 0 saturated carbocycles. The van der Waals surface area contributed by atoms with E-state index < -0.39 is 67.4 Å². The minimum absolute atomic E-state index is 0.238. The summed E-state index contributed by atoms with van der Waals surface area (Å²) in [5.74, 6) is -2.14. The predicted octanol–water partition coefficient (Wildman–Crippen LogP) is -1.44. The second-order valence-corrected chi connectivity index (χ2v) is 8.31. The standard InChI is InChI=1S/C20H34O11/c1-2-3-4-5-6-7-13(23)27-9-12-14(24)15(25)16(26)19(28-12)31-20(10-22)18-17(29-18)11(8-21)30-20/h11-12,14-19,21-22,24-26H,2-10H2,1H3/t11-,12-,14-,15+,16-,17-,18+,19-,20+/m1/s1. The number of rotatable bonds is 12. The lowest BCUT2D eigenvalue weighted by atomic mass is 9.99. The van der Waals surface area contributed by atoms with Gasteiger partial charge in [-0.25, -0.2) is 0 Å². The first-order valence-corrected chi connectivity index (χ1v) is 10.9. The van der Waals surface area contributed by atoms with Gasteiger partial charge in [-0.2, -0.15) is 0 Å². The van der Waals surface area contributed by atoms with Gasteiger partial charge in [0, 0.05) is 6.42 Å². The molecule has 9 atom stereocenters. The summed E-state index contributed by atoms with van der Waals surface area (Å²) in [5.41, 5.74) is 0. The summed E-state index contributed by atoms with van der Waals surface area (Å²) >= 11 is 0. The minimum Gasteiger partial charge on any atom is -0.463 e. The largest absolute Gasteiger partial charge is 0.463 e. The van der Waals surface area contributed by atoms with Gasteiger partial charge in [-0.05, 0) is 6.42 Å². The van der Waals surface area contributed by atoms with Crippen molar-refractivity contribution in [3.63, 3.8) is 0 Å². The third-order valence-electron chi connectivity index (χ3n) is 5.95. The Morgan fingerprint density at radius 3 is 2.35 bits per heavy atom. The van der Waals surface area contributed by atoms with Crippen LogP contribution < -0.4 is 0 Å². The summed E-state index contributed by atoms with van der Waals surface area (Å²) in [5, 5.41) is 49.9. The summed E-state index contributed by atoms with van der Waals surface area (Å²) in [4.78, 5) is 12.0. The topological polar surface area (TPSA) is 168 Å². The number of ether oxygens (including phenoxy) is 5. The van der Waals surface area contributed by atoms with Crippen LogP contribution in [0.5, 0.6) is 0 Å². The van der Waals surface area contributed by atoms with Crippen LogP contribution in [0.3, 0.4) is 0 Å². The van der Waals surface area contributed by atoms with Crippen molar-refractivity contribution < 1.29 is 54.0 Å². The molecule has 0 unspecified atom stereocenters. The molecule has 5 N–H and O–H groups in total. The molecule has 3 aliphatic rings. The van der Waals surface area contributed by atoms with Crippen molar-refractivity contribution in [2.75, 3.05) is 19.8 Å². The van der Waals surface area contributed by atoms with Gasteiger partial charge in [-0.15, -0.1) is 0 Å². The Hall–Kier alpha value is -0.890. The lowest BCUT2D eigenvalue weighted by molar-refractivity contribution is -0.382. The van der Waals surface area contributed by atoms with E-state index in [0.29, 0.717) is 6.42 Å². The molecular formula is C20H34O11. The number of fused-ring (bicyclic) bond motifs is 1. The highest BCUT2D eigenvalue weighted by molar-refractivity contribution is 5.69. The summed E-state index contributed by atoms with van der Waals surface area (Å²) in [7, 11) is 0. The van der Waals surface area contributed by atoms with E-state index in [4.69, 9.17) is 23.7 Å². The molecule has 0 spiro atoms. The lowest BCUT2D eigenvalue weighted by Crippen LogP contribution is -2.62. The number of carbonyl (C=O) groups is 1. The first kappa shape index (κ1) is 24.7. The molecule has 180 valence electrons. The van der Waals surface area contributed by atoms with Gasteiger partial charge in [0.05, 0.1) is 6.61 Å². The van der Waals surface area contributed by atoms with Gasteiger partial charge in [0.1, 0.15) is 55.9 Å². The molecule has 0 aliphatic carbocycles. The molecule has 0 radical (unpaired) electrons. The lowest BCUT2D eigenvalue weighted by Gasteiger charge is -2.43. The average Bonchev–Trinajstić information content (AvgIpc) is 3.51. The first-order valence-electron chi connectivity index (χ1n) is 10.9. The van der Waals surface area contributed by atoms with Crippen molar-refractivity contribution in [2.45, 2.75) is 100 Å². The fourth-order valence-corrected chi connectivity index (χ4v) is 4.02. The Labute approximate surface area is 180 Å². The quantitative estimate of drug-likeness (QED) is 0.134. The SMILES string of the molecule is CCCCCCCC(=O)OC[C@H]1O[C@H](O[C@]2(CO)O[C@H](CO)[C@H]3O[C@@H]32)[C@H](O)[C@@H](O)[C@@H]1O. The summed E-state index contributed by atoms with van der Waals surface area (Å²) in [6.45, 7) is 0.772. The summed E-state index contributed by atoms with van der Waals surface area (Å²) in [6.07, 6.45) is -4.16. The Balaban J connectivity index is 1.53. The van der Waals surface area contributed by atoms with E-state index in [1.807, 2.05) is 0 Å². The number of hydrogen-bond acceptors (Lipinski definition) is 11. The molecule has 0 bridgehead atoms. The van der Waals surface area contributed by atoms with Crippen LogP contribution in [-0.2, 0) is 28.5 Å². The molecule has 11 heteroatoms. The highest BCUT2D eigenvalue weighted by Crippen LogP contribution is 2.47. The maximum Gasteiger partial charge on any atom is 0.305 e. The molecule has 3 rings (SSSR count). The molecule has 3 heterocycles. The highest BCUT2D eigenvalue weighted by atomic mass is 16.8. The van der Waals surface area contributed by atoms with Crippen LogP contribution in [0.4, 0.5) is 0 Å². The van der Waals surface area contributed by atoms with Crippen LogP contribution in [0.25, 0.3) is 0 Å².